The van der Waals surface area contributed by atoms with Crippen molar-refractivity contribution in [1.29, 1.82) is 0 Å². The number of benzene rings is 2. The quantitative estimate of drug-likeness (QED) is 0.683. The molecule has 0 spiro atoms. The Morgan fingerprint density at radius 1 is 1.00 bits per heavy atom. The third-order valence-corrected chi connectivity index (χ3v) is 2.73. The van der Waals surface area contributed by atoms with Crippen molar-refractivity contribution in [2.45, 2.75) is 12.8 Å². The van der Waals surface area contributed by atoms with Gasteiger partial charge in [0.25, 0.3) is 0 Å². The predicted molar refractivity (Wildman–Crippen MR) is 66.5 cm³/mol. The second-order valence-corrected chi connectivity index (χ2v) is 4.27. The highest BCUT2D eigenvalue weighted by Gasteiger charge is 2.30. The van der Waals surface area contributed by atoms with Gasteiger partial charge in [-0.3, -0.25) is 0 Å². The highest BCUT2D eigenvalue weighted by Crippen LogP contribution is 2.33. The van der Waals surface area contributed by atoms with Crippen molar-refractivity contribution in [2.24, 2.45) is 0 Å². The lowest BCUT2D eigenvalue weighted by molar-refractivity contribution is -0.137. The summed E-state index contributed by atoms with van der Waals surface area (Å²) < 4.78 is 68.8. The molecule has 2 nitrogen and oxygen atoms in total. The van der Waals surface area contributed by atoms with E-state index in [0.29, 0.717) is 0 Å². The van der Waals surface area contributed by atoms with Gasteiger partial charge in [-0.2, -0.15) is 13.2 Å². The summed E-state index contributed by atoms with van der Waals surface area (Å²) in [5.74, 6) is -1.36. The van der Waals surface area contributed by atoms with Crippen LogP contribution in [0.4, 0.5) is 27.6 Å². The topological polar surface area (TPSA) is 35.2 Å². The maximum atomic E-state index is 13.4. The molecule has 0 aliphatic heterocycles. The number of anilines is 1. The number of hydrogen-bond donors (Lipinski definition) is 1. The highest BCUT2D eigenvalue weighted by molar-refractivity contribution is 5.54. The van der Waals surface area contributed by atoms with Gasteiger partial charge in [-0.05, 0) is 36.4 Å². The summed E-state index contributed by atoms with van der Waals surface area (Å²) in [5.41, 5.74) is 4.25. The molecule has 112 valence electrons. The molecule has 2 aromatic rings. The van der Waals surface area contributed by atoms with E-state index in [1.807, 2.05) is 0 Å². The van der Waals surface area contributed by atoms with Crippen LogP contribution in [0.5, 0.6) is 5.75 Å². The summed E-state index contributed by atoms with van der Waals surface area (Å²) in [4.78, 5) is 0. The maximum Gasteiger partial charge on any atom is 0.416 e. The molecule has 0 aliphatic carbocycles. The monoisotopic (exact) mass is 303 g/mol. The zero-order valence-electron chi connectivity index (χ0n) is 10.5. The van der Waals surface area contributed by atoms with Crippen LogP contribution in [0.15, 0.2) is 36.4 Å². The van der Waals surface area contributed by atoms with Gasteiger partial charge in [-0.15, -0.1) is 0 Å². The van der Waals surface area contributed by atoms with Crippen molar-refractivity contribution in [1.82, 2.24) is 0 Å². The van der Waals surface area contributed by atoms with Crippen molar-refractivity contribution in [3.05, 3.63) is 59.2 Å². The van der Waals surface area contributed by atoms with Crippen molar-refractivity contribution < 1.29 is 26.7 Å². The molecule has 21 heavy (non-hydrogen) atoms. The van der Waals surface area contributed by atoms with Gasteiger partial charge in [0.2, 0.25) is 0 Å². The fourth-order valence-electron chi connectivity index (χ4n) is 1.67. The second-order valence-electron chi connectivity index (χ2n) is 4.27. The number of nitrogens with two attached hydrogens (primary N) is 1. The summed E-state index contributed by atoms with van der Waals surface area (Å²) in [7, 11) is 0. The Morgan fingerprint density at radius 2 is 1.71 bits per heavy atom. The fourth-order valence-corrected chi connectivity index (χ4v) is 1.67. The summed E-state index contributed by atoms with van der Waals surface area (Å²) in [6.45, 7) is -0.348. The highest BCUT2D eigenvalue weighted by atomic mass is 19.4. The molecule has 0 saturated carbocycles. The molecule has 0 fully saturated rings. The first kappa shape index (κ1) is 15.1. The number of halogens is 5. The van der Waals surface area contributed by atoms with Gasteiger partial charge in [-0.1, -0.05) is 0 Å². The number of nitrogen functional groups attached to an aromatic ring is 1. The second kappa shape index (κ2) is 5.59. The van der Waals surface area contributed by atoms with Gasteiger partial charge in [0, 0.05) is 5.56 Å². The molecule has 0 atom stereocenters. The van der Waals surface area contributed by atoms with E-state index in [4.69, 9.17) is 10.5 Å². The van der Waals surface area contributed by atoms with Crippen LogP contribution in [0.1, 0.15) is 11.1 Å². The minimum absolute atomic E-state index is 0.0355. The average molecular weight is 303 g/mol. The molecule has 0 saturated heterocycles. The Hall–Kier alpha value is -2.31. The maximum absolute atomic E-state index is 13.4. The molecule has 0 aliphatic rings. The zero-order chi connectivity index (χ0) is 15.6. The standard InChI is InChI=1S/C14H10F5NO/c15-10-2-3-11(16)8(5-10)7-21-13-4-1-9(6-12(13)20)14(17,18)19/h1-6H,7,20H2. The SMILES string of the molecule is Nc1cc(C(F)(F)F)ccc1OCc1cc(F)ccc1F. The van der Waals surface area contributed by atoms with Gasteiger partial charge in [-0.25, -0.2) is 8.78 Å². The van der Waals surface area contributed by atoms with E-state index < -0.39 is 23.4 Å². The Bertz CT molecular complexity index is 654. The number of hydrogen-bond acceptors (Lipinski definition) is 2. The summed E-state index contributed by atoms with van der Waals surface area (Å²) in [6, 6.07) is 5.38. The molecule has 7 heteroatoms. The van der Waals surface area contributed by atoms with Gasteiger partial charge in [0.05, 0.1) is 11.3 Å². The van der Waals surface area contributed by atoms with Gasteiger partial charge in [0.15, 0.2) is 0 Å². The van der Waals surface area contributed by atoms with E-state index in [1.54, 1.807) is 0 Å². The number of rotatable bonds is 3. The van der Waals surface area contributed by atoms with Crippen molar-refractivity contribution >= 4 is 5.69 Å². The van der Waals surface area contributed by atoms with Crippen molar-refractivity contribution in [2.75, 3.05) is 5.73 Å². The Kier molecular flexibility index (Phi) is 4.02. The first-order valence-corrected chi connectivity index (χ1v) is 5.81. The summed E-state index contributed by atoms with van der Waals surface area (Å²) in [5, 5.41) is 0. The van der Waals surface area contributed by atoms with Crippen LogP contribution in [0.3, 0.4) is 0 Å². The Morgan fingerprint density at radius 3 is 2.33 bits per heavy atom. The van der Waals surface area contributed by atoms with Crippen LogP contribution in [0, 0.1) is 11.6 Å². The summed E-state index contributed by atoms with van der Waals surface area (Å²) in [6.07, 6.45) is -4.51. The van der Waals surface area contributed by atoms with Crippen LogP contribution >= 0.6 is 0 Å². The lowest BCUT2D eigenvalue weighted by Gasteiger charge is -2.12. The third-order valence-electron chi connectivity index (χ3n) is 2.73. The first-order valence-electron chi connectivity index (χ1n) is 5.81. The number of alkyl halides is 3. The van der Waals surface area contributed by atoms with Crippen LogP contribution in [-0.2, 0) is 12.8 Å². The van der Waals surface area contributed by atoms with E-state index in [9.17, 15) is 22.0 Å². The van der Waals surface area contributed by atoms with E-state index in [1.165, 1.54) is 0 Å². The third kappa shape index (κ3) is 3.62. The van der Waals surface area contributed by atoms with Gasteiger partial charge in [0.1, 0.15) is 24.0 Å². The minimum atomic E-state index is -4.51. The van der Waals surface area contributed by atoms with Crippen molar-refractivity contribution in [3.63, 3.8) is 0 Å². The van der Waals surface area contributed by atoms with Gasteiger partial charge < -0.3 is 10.5 Å². The molecule has 2 N–H and O–H groups in total. The molecule has 2 aromatic carbocycles. The predicted octanol–water partition coefficient (Wildman–Crippen LogP) is 4.14. The molecular weight excluding hydrogens is 293 g/mol. The Balaban J connectivity index is 2.15. The minimum Gasteiger partial charge on any atom is -0.487 e. The molecule has 0 radical (unpaired) electrons. The van der Waals surface area contributed by atoms with E-state index in [2.05, 4.69) is 0 Å². The molecule has 2 rings (SSSR count). The molecule has 0 amide bonds. The van der Waals surface area contributed by atoms with Crippen molar-refractivity contribution in [3.8, 4) is 5.75 Å². The molecule has 0 aromatic heterocycles. The van der Waals surface area contributed by atoms with E-state index in [-0.39, 0.29) is 23.6 Å². The zero-order valence-corrected chi connectivity index (χ0v) is 10.5. The fraction of sp³-hybridized carbons (Fsp3) is 0.143. The van der Waals surface area contributed by atoms with Crippen LogP contribution in [0.2, 0.25) is 0 Å². The molecule has 0 heterocycles. The summed E-state index contributed by atoms with van der Waals surface area (Å²) >= 11 is 0. The normalized spacial score (nSPS) is 11.5. The van der Waals surface area contributed by atoms with Crippen LogP contribution in [-0.4, -0.2) is 0 Å². The molecule has 0 bridgehead atoms. The molecular formula is C14H10F5NO. The average Bonchev–Trinajstić information content (AvgIpc) is 2.40. The molecule has 0 unspecified atom stereocenters. The van der Waals surface area contributed by atoms with E-state index in [0.717, 1.165) is 36.4 Å². The van der Waals surface area contributed by atoms with Crippen LogP contribution < -0.4 is 10.5 Å². The Labute approximate surface area is 116 Å². The smallest absolute Gasteiger partial charge is 0.416 e. The lowest BCUT2D eigenvalue weighted by Crippen LogP contribution is -2.07. The number of ether oxygens (including phenoxy) is 1. The van der Waals surface area contributed by atoms with Gasteiger partial charge >= 0.3 is 6.18 Å². The lowest BCUT2D eigenvalue weighted by atomic mass is 10.2. The first-order chi connectivity index (χ1) is 9.77. The largest absolute Gasteiger partial charge is 0.487 e. The van der Waals surface area contributed by atoms with E-state index >= 15 is 0 Å². The van der Waals surface area contributed by atoms with Crippen LogP contribution in [0.25, 0.3) is 0 Å².